The molecule has 0 saturated heterocycles. The Bertz CT molecular complexity index is 3540. The van der Waals surface area contributed by atoms with Crippen LogP contribution in [0, 0.1) is 0 Å². The Kier molecular flexibility index (Phi) is 7.54. The third-order valence-electron chi connectivity index (χ3n) is 11.9. The molecule has 0 spiro atoms. The molecule has 0 bridgehead atoms. The molecule has 276 valence electrons. The van der Waals surface area contributed by atoms with Gasteiger partial charge in [0.15, 0.2) is 5.58 Å². The van der Waals surface area contributed by atoms with Gasteiger partial charge in [-0.3, -0.25) is 0 Å². The lowest BCUT2D eigenvalue weighted by Crippen LogP contribution is -2.10. The van der Waals surface area contributed by atoms with Crippen LogP contribution in [0.15, 0.2) is 223 Å². The second kappa shape index (κ2) is 13.4. The van der Waals surface area contributed by atoms with Crippen molar-refractivity contribution in [2.75, 3.05) is 4.90 Å². The van der Waals surface area contributed by atoms with E-state index in [9.17, 15) is 0 Å². The number of benzene rings is 10. The first-order valence-corrected chi connectivity index (χ1v) is 20.2. The van der Waals surface area contributed by atoms with Gasteiger partial charge in [0.25, 0.3) is 0 Å². The van der Waals surface area contributed by atoms with E-state index < -0.39 is 0 Å². The number of aromatic nitrogens is 1. The maximum Gasteiger partial charge on any atom is 0.160 e. The molecular weight excluding hydrogens is 717 g/mol. The smallest absolute Gasteiger partial charge is 0.160 e. The summed E-state index contributed by atoms with van der Waals surface area (Å²) in [5.74, 6) is 0. The van der Waals surface area contributed by atoms with Crippen LogP contribution < -0.4 is 4.90 Å². The Morgan fingerprint density at radius 1 is 0.356 bits per heavy atom. The maximum absolute atomic E-state index is 6.79. The molecule has 2 heterocycles. The topological polar surface area (TPSA) is 21.3 Å². The lowest BCUT2D eigenvalue weighted by molar-refractivity contribution is 0.669. The molecule has 0 aliphatic carbocycles. The summed E-state index contributed by atoms with van der Waals surface area (Å²) in [6.07, 6.45) is 0. The van der Waals surface area contributed by atoms with E-state index in [0.717, 1.165) is 50.3 Å². The molecule has 59 heavy (non-hydrogen) atoms. The number of anilines is 3. The lowest BCUT2D eigenvalue weighted by Gasteiger charge is -2.26. The van der Waals surface area contributed by atoms with Crippen molar-refractivity contribution in [1.29, 1.82) is 0 Å². The van der Waals surface area contributed by atoms with Crippen molar-refractivity contribution < 1.29 is 4.42 Å². The van der Waals surface area contributed by atoms with Crippen LogP contribution in [0.25, 0.3) is 93.2 Å². The highest BCUT2D eigenvalue weighted by Gasteiger charge is 2.22. The third-order valence-corrected chi connectivity index (χ3v) is 11.9. The van der Waals surface area contributed by atoms with Crippen LogP contribution >= 0.6 is 0 Å². The average molecular weight is 753 g/mol. The van der Waals surface area contributed by atoms with Crippen molar-refractivity contribution in [2.24, 2.45) is 0 Å². The Morgan fingerprint density at radius 2 is 0.932 bits per heavy atom. The van der Waals surface area contributed by atoms with Crippen LogP contribution in [-0.4, -0.2) is 4.57 Å². The quantitative estimate of drug-likeness (QED) is 0.169. The Labute approximate surface area is 341 Å². The second-order valence-corrected chi connectivity index (χ2v) is 15.3. The summed E-state index contributed by atoms with van der Waals surface area (Å²) >= 11 is 0. The highest BCUT2D eigenvalue weighted by Crippen LogP contribution is 2.46. The molecule has 0 aliphatic heterocycles. The van der Waals surface area contributed by atoms with E-state index in [-0.39, 0.29) is 0 Å². The molecule has 3 heteroatoms. The van der Waals surface area contributed by atoms with Gasteiger partial charge in [0, 0.05) is 38.6 Å². The molecule has 12 rings (SSSR count). The van der Waals surface area contributed by atoms with E-state index in [2.05, 4.69) is 222 Å². The fraction of sp³-hybridized carbons (Fsp3) is 0. The first-order valence-electron chi connectivity index (χ1n) is 20.2. The van der Waals surface area contributed by atoms with Crippen LogP contribution in [0.5, 0.6) is 0 Å². The van der Waals surface area contributed by atoms with Crippen LogP contribution in [0.4, 0.5) is 17.1 Å². The minimum absolute atomic E-state index is 0.870. The summed E-state index contributed by atoms with van der Waals surface area (Å²) in [7, 11) is 0. The molecule has 0 amide bonds. The normalized spacial score (nSPS) is 11.7. The van der Waals surface area contributed by atoms with Gasteiger partial charge < -0.3 is 13.9 Å². The van der Waals surface area contributed by atoms with E-state index in [1.165, 1.54) is 60.0 Å². The first-order chi connectivity index (χ1) is 29.2. The van der Waals surface area contributed by atoms with Crippen LogP contribution in [0.2, 0.25) is 0 Å². The van der Waals surface area contributed by atoms with E-state index in [0.29, 0.717) is 0 Å². The maximum atomic E-state index is 6.79. The molecule has 0 unspecified atom stereocenters. The number of para-hydroxylation sites is 2. The predicted molar refractivity (Wildman–Crippen MR) is 249 cm³/mol. The minimum Gasteiger partial charge on any atom is -0.454 e. The van der Waals surface area contributed by atoms with Crippen molar-refractivity contribution >= 4 is 82.4 Å². The van der Waals surface area contributed by atoms with Crippen molar-refractivity contribution in [3.63, 3.8) is 0 Å². The summed E-state index contributed by atoms with van der Waals surface area (Å²) in [6.45, 7) is 0. The number of hydrogen-bond acceptors (Lipinski definition) is 2. The Morgan fingerprint density at radius 3 is 1.71 bits per heavy atom. The SMILES string of the molecule is c1ccc(-c2ccc(N(c3ccc(-c4ccc5c(c4)c4ccccc4n5-c4ccc5ccccc5c4)cc3)c3cc4ccccc4c4c3oc3ccccc34)cc2)cc1. The number of fused-ring (bicyclic) bond motifs is 9. The Hall–Kier alpha value is -7.88. The molecule has 0 atom stereocenters. The largest absolute Gasteiger partial charge is 0.454 e. The number of hydrogen-bond donors (Lipinski definition) is 0. The monoisotopic (exact) mass is 752 g/mol. The molecule has 12 aromatic rings. The molecule has 10 aromatic carbocycles. The highest BCUT2D eigenvalue weighted by molar-refractivity contribution is 6.23. The van der Waals surface area contributed by atoms with Gasteiger partial charge in [-0.15, -0.1) is 0 Å². The summed E-state index contributed by atoms with van der Waals surface area (Å²) in [4.78, 5) is 2.34. The van der Waals surface area contributed by atoms with Crippen molar-refractivity contribution in [2.45, 2.75) is 0 Å². The van der Waals surface area contributed by atoms with Crippen molar-refractivity contribution in [3.05, 3.63) is 218 Å². The van der Waals surface area contributed by atoms with Crippen LogP contribution in [-0.2, 0) is 0 Å². The molecule has 0 aliphatic rings. The summed E-state index contributed by atoms with van der Waals surface area (Å²) in [6, 6.07) is 78.6. The van der Waals surface area contributed by atoms with E-state index >= 15 is 0 Å². The van der Waals surface area contributed by atoms with E-state index in [1.54, 1.807) is 0 Å². The first kappa shape index (κ1) is 33.3. The Balaban J connectivity index is 1.00. The highest BCUT2D eigenvalue weighted by atomic mass is 16.3. The minimum atomic E-state index is 0.870. The van der Waals surface area contributed by atoms with E-state index in [4.69, 9.17) is 4.42 Å². The molecule has 0 radical (unpaired) electrons. The molecule has 0 saturated carbocycles. The second-order valence-electron chi connectivity index (χ2n) is 15.3. The fourth-order valence-corrected chi connectivity index (χ4v) is 9.13. The lowest BCUT2D eigenvalue weighted by atomic mass is 10.00. The number of rotatable bonds is 6. The summed E-state index contributed by atoms with van der Waals surface area (Å²) in [5.41, 5.74) is 13.1. The van der Waals surface area contributed by atoms with Gasteiger partial charge >= 0.3 is 0 Å². The molecule has 0 N–H and O–H groups in total. The average Bonchev–Trinajstić information content (AvgIpc) is 3.86. The zero-order valence-electron chi connectivity index (χ0n) is 32.1. The van der Waals surface area contributed by atoms with Gasteiger partial charge in [0.05, 0.1) is 16.7 Å². The van der Waals surface area contributed by atoms with Gasteiger partial charge in [0.2, 0.25) is 0 Å². The van der Waals surface area contributed by atoms with Crippen LogP contribution in [0.1, 0.15) is 0 Å². The standard InChI is InChI=1S/C56H36N2O/c1-2-12-37(13-3-1)39-22-28-44(29-23-39)57(53-36-43-16-6-7-17-47(43)55-49-19-9-11-21-54(49)59-56(53)55)45-30-24-40(25-31-45)42-27-33-52-50(35-42)48-18-8-10-20-51(48)58(52)46-32-26-38-14-4-5-15-41(38)34-46/h1-36H. The van der Waals surface area contributed by atoms with Crippen LogP contribution in [0.3, 0.4) is 0 Å². The fourth-order valence-electron chi connectivity index (χ4n) is 9.13. The predicted octanol–water partition coefficient (Wildman–Crippen LogP) is 15.8. The van der Waals surface area contributed by atoms with Gasteiger partial charge in [0.1, 0.15) is 5.58 Å². The van der Waals surface area contributed by atoms with Gasteiger partial charge in [-0.2, -0.15) is 0 Å². The summed E-state index contributed by atoms with van der Waals surface area (Å²) in [5, 5.41) is 9.56. The number of furan rings is 1. The zero-order valence-corrected chi connectivity index (χ0v) is 32.1. The van der Waals surface area contributed by atoms with Gasteiger partial charge in [-0.1, -0.05) is 152 Å². The number of nitrogens with zero attached hydrogens (tertiary/aromatic N) is 2. The van der Waals surface area contributed by atoms with E-state index in [1.807, 2.05) is 6.07 Å². The molecular formula is C56H36N2O. The molecule has 2 aromatic heterocycles. The zero-order chi connectivity index (χ0) is 38.9. The van der Waals surface area contributed by atoms with Gasteiger partial charge in [-0.25, -0.2) is 0 Å². The molecule has 0 fully saturated rings. The summed E-state index contributed by atoms with van der Waals surface area (Å²) < 4.78 is 9.19. The third kappa shape index (κ3) is 5.44. The van der Waals surface area contributed by atoms with Crippen molar-refractivity contribution in [1.82, 2.24) is 4.57 Å². The van der Waals surface area contributed by atoms with Gasteiger partial charge in [-0.05, 0) is 111 Å². The van der Waals surface area contributed by atoms with Crippen molar-refractivity contribution in [3.8, 4) is 27.9 Å². The molecule has 3 nitrogen and oxygen atoms in total.